The Morgan fingerprint density at radius 1 is 1.25 bits per heavy atom. The van der Waals surface area contributed by atoms with Gasteiger partial charge in [-0.15, -0.1) is 0 Å². The van der Waals surface area contributed by atoms with Crippen LogP contribution in [0.4, 0.5) is 11.8 Å². The molecule has 0 aliphatic heterocycles. The first-order valence-electron chi connectivity index (χ1n) is 4.98. The second-order valence-electron chi connectivity index (χ2n) is 3.44. The van der Waals surface area contributed by atoms with Crippen LogP contribution in [0.15, 0.2) is 6.07 Å². The van der Waals surface area contributed by atoms with Crippen LogP contribution in [0.5, 0.6) is 0 Å². The number of pyridine rings is 1. The first-order chi connectivity index (χ1) is 7.65. The minimum atomic E-state index is -0.0735. The maximum atomic E-state index is 9.21. The maximum absolute atomic E-state index is 9.21. The van der Waals surface area contributed by atoms with Crippen LogP contribution in [0.25, 0.3) is 11.0 Å². The van der Waals surface area contributed by atoms with E-state index >= 15 is 0 Å². The Balaban J connectivity index is 2.78. The number of aliphatic hydroxyl groups excluding tert-OH is 1. The lowest BCUT2D eigenvalue weighted by atomic mass is 10.1. The number of aromatic nitrogens is 3. The average molecular weight is 219 g/mol. The van der Waals surface area contributed by atoms with Gasteiger partial charge < -0.3 is 16.6 Å². The Bertz CT molecular complexity index is 540. The fraction of sp³-hybridized carbons (Fsp3) is 0.300. The monoisotopic (exact) mass is 219 g/mol. The first kappa shape index (κ1) is 10.6. The van der Waals surface area contributed by atoms with E-state index in [4.69, 9.17) is 11.5 Å². The highest BCUT2D eigenvalue weighted by Gasteiger charge is 2.09. The summed E-state index contributed by atoms with van der Waals surface area (Å²) in [7, 11) is 0. The molecule has 0 aromatic carbocycles. The van der Waals surface area contributed by atoms with Gasteiger partial charge in [-0.2, -0.15) is 9.97 Å². The molecule has 0 unspecified atom stereocenters. The molecule has 5 N–H and O–H groups in total. The van der Waals surface area contributed by atoms with E-state index in [9.17, 15) is 5.11 Å². The first-order valence-corrected chi connectivity index (χ1v) is 4.98. The zero-order valence-electron chi connectivity index (χ0n) is 8.94. The number of hydrogen-bond acceptors (Lipinski definition) is 6. The molecule has 6 heteroatoms. The van der Waals surface area contributed by atoms with Crippen molar-refractivity contribution in [2.45, 2.75) is 20.0 Å². The average Bonchev–Trinajstić information content (AvgIpc) is 2.27. The van der Waals surface area contributed by atoms with Crippen molar-refractivity contribution in [3.05, 3.63) is 17.3 Å². The molecule has 0 bridgehead atoms. The minimum Gasteiger partial charge on any atom is -0.392 e. The quantitative estimate of drug-likeness (QED) is 0.667. The fourth-order valence-corrected chi connectivity index (χ4v) is 1.62. The third-order valence-electron chi connectivity index (χ3n) is 2.41. The molecule has 0 spiro atoms. The van der Waals surface area contributed by atoms with Gasteiger partial charge in [0.2, 0.25) is 5.95 Å². The fourth-order valence-electron chi connectivity index (χ4n) is 1.62. The standard InChI is InChI=1S/C10H13N5O/c1-2-7-5(4-16)3-6-8(11)14-10(12)15-9(6)13-7/h3,16H,2,4H2,1H3,(H4,11,12,13,14,15). The van der Waals surface area contributed by atoms with E-state index in [0.717, 1.165) is 17.7 Å². The van der Waals surface area contributed by atoms with Gasteiger partial charge in [0, 0.05) is 5.69 Å². The Hall–Kier alpha value is -1.95. The molecule has 0 aliphatic carbocycles. The molecule has 2 rings (SSSR count). The van der Waals surface area contributed by atoms with Crippen LogP contribution < -0.4 is 11.5 Å². The molecular formula is C10H13N5O. The number of hydrogen-bond donors (Lipinski definition) is 3. The number of nitrogens with zero attached hydrogens (tertiary/aromatic N) is 3. The SMILES string of the molecule is CCc1nc2nc(N)nc(N)c2cc1CO. The summed E-state index contributed by atoms with van der Waals surface area (Å²) in [6, 6.07) is 1.76. The number of aryl methyl sites for hydroxylation is 1. The molecule has 0 saturated carbocycles. The van der Waals surface area contributed by atoms with Crippen LogP contribution in [0, 0.1) is 0 Å². The summed E-state index contributed by atoms with van der Waals surface area (Å²) in [5.41, 5.74) is 13.2. The number of nitrogens with two attached hydrogens (primary N) is 2. The largest absolute Gasteiger partial charge is 0.392 e. The van der Waals surface area contributed by atoms with Crippen LogP contribution in [0.2, 0.25) is 0 Å². The van der Waals surface area contributed by atoms with Crippen LogP contribution in [0.1, 0.15) is 18.2 Å². The van der Waals surface area contributed by atoms with E-state index in [0.29, 0.717) is 11.0 Å². The zero-order chi connectivity index (χ0) is 11.7. The van der Waals surface area contributed by atoms with E-state index in [2.05, 4.69) is 15.0 Å². The molecule has 0 amide bonds. The van der Waals surface area contributed by atoms with Crippen LogP contribution in [-0.4, -0.2) is 20.1 Å². The topological polar surface area (TPSA) is 111 Å². The number of rotatable bonds is 2. The third-order valence-corrected chi connectivity index (χ3v) is 2.41. The van der Waals surface area contributed by atoms with E-state index in [-0.39, 0.29) is 18.4 Å². The number of fused-ring (bicyclic) bond motifs is 1. The summed E-state index contributed by atoms with van der Waals surface area (Å²) in [4.78, 5) is 12.2. The molecule has 16 heavy (non-hydrogen) atoms. The van der Waals surface area contributed by atoms with Crippen molar-refractivity contribution in [2.75, 3.05) is 11.5 Å². The van der Waals surface area contributed by atoms with Gasteiger partial charge in [-0.1, -0.05) is 6.92 Å². The van der Waals surface area contributed by atoms with E-state index in [1.54, 1.807) is 6.07 Å². The molecule has 84 valence electrons. The second kappa shape index (κ2) is 3.90. The zero-order valence-corrected chi connectivity index (χ0v) is 8.94. The van der Waals surface area contributed by atoms with Gasteiger partial charge in [-0.05, 0) is 18.1 Å². The molecule has 0 fully saturated rings. The third kappa shape index (κ3) is 1.63. The van der Waals surface area contributed by atoms with Crippen molar-refractivity contribution in [1.29, 1.82) is 0 Å². The van der Waals surface area contributed by atoms with Crippen molar-refractivity contribution >= 4 is 22.8 Å². The van der Waals surface area contributed by atoms with Crippen molar-refractivity contribution in [2.24, 2.45) is 0 Å². The van der Waals surface area contributed by atoms with Crippen molar-refractivity contribution < 1.29 is 5.11 Å². The Morgan fingerprint density at radius 2 is 2.00 bits per heavy atom. The molecule has 2 aromatic heterocycles. The van der Waals surface area contributed by atoms with Gasteiger partial charge in [0.15, 0.2) is 5.65 Å². The van der Waals surface area contributed by atoms with Gasteiger partial charge in [0.1, 0.15) is 5.82 Å². The second-order valence-corrected chi connectivity index (χ2v) is 3.44. The highest BCUT2D eigenvalue weighted by molar-refractivity contribution is 5.86. The lowest BCUT2D eigenvalue weighted by Crippen LogP contribution is -2.05. The lowest BCUT2D eigenvalue weighted by molar-refractivity contribution is 0.280. The number of nitrogen functional groups attached to an aromatic ring is 2. The lowest BCUT2D eigenvalue weighted by Gasteiger charge is -2.07. The van der Waals surface area contributed by atoms with Crippen LogP contribution >= 0.6 is 0 Å². The molecule has 0 saturated heterocycles. The van der Waals surface area contributed by atoms with Crippen LogP contribution in [0.3, 0.4) is 0 Å². The molecule has 6 nitrogen and oxygen atoms in total. The summed E-state index contributed by atoms with van der Waals surface area (Å²) in [5, 5.41) is 9.83. The molecule has 0 radical (unpaired) electrons. The molecule has 0 atom stereocenters. The normalized spacial score (nSPS) is 10.9. The Morgan fingerprint density at radius 3 is 2.62 bits per heavy atom. The van der Waals surface area contributed by atoms with Crippen molar-refractivity contribution in [1.82, 2.24) is 15.0 Å². The highest BCUT2D eigenvalue weighted by Crippen LogP contribution is 2.20. The minimum absolute atomic E-state index is 0.0735. The predicted octanol–water partition coefficient (Wildman–Crippen LogP) is 0.244. The summed E-state index contributed by atoms with van der Waals surface area (Å²) in [6.07, 6.45) is 0.718. The van der Waals surface area contributed by atoms with Gasteiger partial charge >= 0.3 is 0 Å². The van der Waals surface area contributed by atoms with Gasteiger partial charge in [0.05, 0.1) is 12.0 Å². The van der Waals surface area contributed by atoms with Gasteiger partial charge in [0.25, 0.3) is 0 Å². The predicted molar refractivity (Wildman–Crippen MR) is 61.5 cm³/mol. The Labute approximate surface area is 92.3 Å². The summed E-state index contributed by atoms with van der Waals surface area (Å²) >= 11 is 0. The number of aliphatic hydroxyl groups is 1. The van der Waals surface area contributed by atoms with E-state index < -0.39 is 0 Å². The maximum Gasteiger partial charge on any atom is 0.224 e. The highest BCUT2D eigenvalue weighted by atomic mass is 16.3. The summed E-state index contributed by atoms with van der Waals surface area (Å²) < 4.78 is 0. The van der Waals surface area contributed by atoms with Gasteiger partial charge in [-0.3, -0.25) is 0 Å². The summed E-state index contributed by atoms with van der Waals surface area (Å²) in [5.74, 6) is 0.392. The molecule has 2 aromatic rings. The van der Waals surface area contributed by atoms with E-state index in [1.165, 1.54) is 0 Å². The molecule has 2 heterocycles. The Kier molecular flexibility index (Phi) is 2.57. The molecule has 0 aliphatic rings. The smallest absolute Gasteiger partial charge is 0.224 e. The van der Waals surface area contributed by atoms with Crippen molar-refractivity contribution in [3.63, 3.8) is 0 Å². The van der Waals surface area contributed by atoms with E-state index in [1.807, 2.05) is 6.92 Å². The van der Waals surface area contributed by atoms with Crippen LogP contribution in [-0.2, 0) is 13.0 Å². The summed E-state index contributed by atoms with van der Waals surface area (Å²) in [6.45, 7) is 1.89. The molecular weight excluding hydrogens is 206 g/mol. The number of anilines is 2. The van der Waals surface area contributed by atoms with Crippen molar-refractivity contribution in [3.8, 4) is 0 Å². The van der Waals surface area contributed by atoms with Gasteiger partial charge in [-0.25, -0.2) is 4.98 Å².